The molecular formula is C10H20O2. The Bertz CT molecular complexity index is 95.2. The highest BCUT2D eigenvalue weighted by Gasteiger charge is 2.26. The summed E-state index contributed by atoms with van der Waals surface area (Å²) in [7, 11) is 0. The summed E-state index contributed by atoms with van der Waals surface area (Å²) in [5, 5.41) is 0. The van der Waals surface area contributed by atoms with Crippen molar-refractivity contribution >= 4 is 0 Å². The molecule has 1 saturated heterocycles. The maximum atomic E-state index is 5.69. The van der Waals surface area contributed by atoms with Gasteiger partial charge < -0.3 is 9.47 Å². The zero-order chi connectivity index (χ0) is 8.97. The molecule has 0 N–H and O–H groups in total. The fourth-order valence-corrected chi connectivity index (χ4v) is 1.58. The molecule has 1 rings (SSSR count). The lowest BCUT2D eigenvalue weighted by atomic mass is 10.1. The predicted octanol–water partition coefficient (Wildman–Crippen LogP) is 2.72. The van der Waals surface area contributed by atoms with Crippen LogP contribution < -0.4 is 0 Å². The van der Waals surface area contributed by atoms with Crippen LogP contribution in [0.1, 0.15) is 46.5 Å². The Morgan fingerprint density at radius 2 is 1.42 bits per heavy atom. The molecule has 0 radical (unpaired) electrons. The van der Waals surface area contributed by atoms with E-state index in [1.807, 2.05) is 0 Å². The summed E-state index contributed by atoms with van der Waals surface area (Å²) in [6.45, 7) is 6.46. The largest absolute Gasteiger partial charge is 0.349 e. The Labute approximate surface area is 75.2 Å². The molecule has 0 bridgehead atoms. The topological polar surface area (TPSA) is 18.5 Å². The van der Waals surface area contributed by atoms with E-state index >= 15 is 0 Å². The quantitative estimate of drug-likeness (QED) is 0.651. The average molecular weight is 172 g/mol. The second-order valence-corrected chi connectivity index (χ2v) is 3.41. The second kappa shape index (κ2) is 4.83. The van der Waals surface area contributed by atoms with Gasteiger partial charge in [-0.15, -0.1) is 0 Å². The summed E-state index contributed by atoms with van der Waals surface area (Å²) >= 11 is 0. The minimum Gasteiger partial charge on any atom is -0.349 e. The summed E-state index contributed by atoms with van der Waals surface area (Å²) in [5.41, 5.74) is 0. The lowest BCUT2D eigenvalue weighted by Gasteiger charge is -2.34. The van der Waals surface area contributed by atoms with Gasteiger partial charge in [-0.3, -0.25) is 0 Å². The molecule has 1 fully saturated rings. The SMILES string of the molecule is CCC1CC(CC)OC(CC)O1. The van der Waals surface area contributed by atoms with Gasteiger partial charge in [0.05, 0.1) is 12.2 Å². The van der Waals surface area contributed by atoms with E-state index in [9.17, 15) is 0 Å². The fraction of sp³-hybridized carbons (Fsp3) is 1.00. The molecule has 0 spiro atoms. The van der Waals surface area contributed by atoms with Crippen molar-refractivity contribution in [2.75, 3.05) is 0 Å². The van der Waals surface area contributed by atoms with Crippen molar-refractivity contribution in [3.05, 3.63) is 0 Å². The molecule has 2 unspecified atom stereocenters. The fourth-order valence-electron chi connectivity index (χ4n) is 1.58. The highest BCUT2D eigenvalue weighted by atomic mass is 16.7. The van der Waals surface area contributed by atoms with Crippen LogP contribution in [0.5, 0.6) is 0 Å². The number of ether oxygens (including phenoxy) is 2. The van der Waals surface area contributed by atoms with E-state index < -0.39 is 0 Å². The second-order valence-electron chi connectivity index (χ2n) is 3.41. The van der Waals surface area contributed by atoms with Crippen molar-refractivity contribution in [3.8, 4) is 0 Å². The third kappa shape index (κ3) is 2.46. The highest BCUT2D eigenvalue weighted by molar-refractivity contribution is 4.70. The maximum absolute atomic E-state index is 5.69. The smallest absolute Gasteiger partial charge is 0.158 e. The predicted molar refractivity (Wildman–Crippen MR) is 49.0 cm³/mol. The molecule has 0 saturated carbocycles. The Morgan fingerprint density at radius 3 is 1.75 bits per heavy atom. The van der Waals surface area contributed by atoms with Gasteiger partial charge in [-0.05, 0) is 25.7 Å². The Balaban J connectivity index is 2.41. The van der Waals surface area contributed by atoms with Crippen LogP contribution in [-0.4, -0.2) is 18.5 Å². The van der Waals surface area contributed by atoms with Gasteiger partial charge in [0.15, 0.2) is 6.29 Å². The highest BCUT2D eigenvalue weighted by Crippen LogP contribution is 2.23. The molecule has 1 aliphatic rings. The molecule has 0 amide bonds. The Morgan fingerprint density at radius 1 is 0.917 bits per heavy atom. The minimum atomic E-state index is 0.0497. The van der Waals surface area contributed by atoms with Gasteiger partial charge in [0.2, 0.25) is 0 Å². The van der Waals surface area contributed by atoms with Crippen LogP contribution in [0.2, 0.25) is 0 Å². The number of rotatable bonds is 3. The van der Waals surface area contributed by atoms with E-state index in [2.05, 4.69) is 20.8 Å². The number of hydrogen-bond acceptors (Lipinski definition) is 2. The first-order chi connectivity index (χ1) is 5.80. The van der Waals surface area contributed by atoms with E-state index in [-0.39, 0.29) is 6.29 Å². The molecular weight excluding hydrogens is 152 g/mol. The van der Waals surface area contributed by atoms with Crippen molar-refractivity contribution in [1.29, 1.82) is 0 Å². The molecule has 1 heterocycles. The summed E-state index contributed by atoms with van der Waals surface area (Å²) in [6, 6.07) is 0. The lowest BCUT2D eigenvalue weighted by Crippen LogP contribution is -2.37. The summed E-state index contributed by atoms with van der Waals surface area (Å²) in [6.07, 6.45) is 5.15. The average Bonchev–Trinajstić information content (AvgIpc) is 2.16. The van der Waals surface area contributed by atoms with E-state index in [0.717, 1.165) is 25.7 Å². The first kappa shape index (κ1) is 10.0. The van der Waals surface area contributed by atoms with Gasteiger partial charge in [0.1, 0.15) is 0 Å². The molecule has 0 aromatic heterocycles. The van der Waals surface area contributed by atoms with Crippen molar-refractivity contribution in [2.24, 2.45) is 0 Å². The van der Waals surface area contributed by atoms with Crippen LogP contribution in [0.15, 0.2) is 0 Å². The molecule has 0 aliphatic carbocycles. The summed E-state index contributed by atoms with van der Waals surface area (Å²) in [4.78, 5) is 0. The molecule has 2 nitrogen and oxygen atoms in total. The monoisotopic (exact) mass is 172 g/mol. The van der Waals surface area contributed by atoms with Crippen molar-refractivity contribution in [2.45, 2.75) is 65.0 Å². The van der Waals surface area contributed by atoms with Crippen LogP contribution in [-0.2, 0) is 9.47 Å². The maximum Gasteiger partial charge on any atom is 0.158 e. The van der Waals surface area contributed by atoms with Gasteiger partial charge in [0, 0.05) is 0 Å². The standard InChI is InChI=1S/C10H20O2/c1-4-8-7-9(5-2)12-10(6-3)11-8/h8-10H,4-7H2,1-3H3. The van der Waals surface area contributed by atoms with Crippen LogP contribution in [0.3, 0.4) is 0 Å². The van der Waals surface area contributed by atoms with E-state index in [1.165, 1.54) is 0 Å². The van der Waals surface area contributed by atoms with Gasteiger partial charge >= 0.3 is 0 Å². The van der Waals surface area contributed by atoms with Crippen molar-refractivity contribution in [1.82, 2.24) is 0 Å². The third-order valence-electron chi connectivity index (χ3n) is 2.46. The molecule has 2 atom stereocenters. The zero-order valence-corrected chi connectivity index (χ0v) is 8.38. The van der Waals surface area contributed by atoms with E-state index in [1.54, 1.807) is 0 Å². The van der Waals surface area contributed by atoms with Crippen molar-refractivity contribution < 1.29 is 9.47 Å². The van der Waals surface area contributed by atoms with Crippen LogP contribution >= 0.6 is 0 Å². The van der Waals surface area contributed by atoms with Crippen LogP contribution in [0.4, 0.5) is 0 Å². The van der Waals surface area contributed by atoms with E-state index in [0.29, 0.717) is 12.2 Å². The molecule has 0 aromatic carbocycles. The Kier molecular flexibility index (Phi) is 4.02. The molecule has 12 heavy (non-hydrogen) atoms. The zero-order valence-electron chi connectivity index (χ0n) is 8.38. The molecule has 72 valence electrons. The summed E-state index contributed by atoms with van der Waals surface area (Å²) in [5.74, 6) is 0. The van der Waals surface area contributed by atoms with Gasteiger partial charge in [-0.1, -0.05) is 20.8 Å². The normalized spacial score (nSPS) is 36.8. The van der Waals surface area contributed by atoms with Gasteiger partial charge in [0.25, 0.3) is 0 Å². The first-order valence-corrected chi connectivity index (χ1v) is 5.11. The minimum absolute atomic E-state index is 0.0497. The van der Waals surface area contributed by atoms with Crippen LogP contribution in [0.25, 0.3) is 0 Å². The third-order valence-corrected chi connectivity index (χ3v) is 2.46. The molecule has 0 aromatic rings. The summed E-state index contributed by atoms with van der Waals surface area (Å²) < 4.78 is 11.4. The lowest BCUT2D eigenvalue weighted by molar-refractivity contribution is -0.243. The first-order valence-electron chi connectivity index (χ1n) is 5.11. The number of hydrogen-bond donors (Lipinski definition) is 0. The van der Waals surface area contributed by atoms with Crippen molar-refractivity contribution in [3.63, 3.8) is 0 Å². The molecule has 2 heteroatoms. The van der Waals surface area contributed by atoms with E-state index in [4.69, 9.17) is 9.47 Å². The van der Waals surface area contributed by atoms with Gasteiger partial charge in [-0.2, -0.15) is 0 Å². The van der Waals surface area contributed by atoms with Crippen LogP contribution in [0, 0.1) is 0 Å². The molecule has 1 aliphatic heterocycles. The Hall–Kier alpha value is -0.0800. The van der Waals surface area contributed by atoms with Gasteiger partial charge in [-0.25, -0.2) is 0 Å².